The van der Waals surface area contributed by atoms with Crippen LogP contribution < -0.4 is 0 Å². The van der Waals surface area contributed by atoms with Crippen LogP contribution in [0.1, 0.15) is 13.3 Å². The lowest BCUT2D eigenvalue weighted by molar-refractivity contribution is 0.592. The Morgan fingerprint density at radius 1 is 1.89 bits per heavy atom. The van der Waals surface area contributed by atoms with Gasteiger partial charge in [0.2, 0.25) is 0 Å². The first kappa shape index (κ1) is 7.85. The maximum atomic E-state index is 4.36. The third-order valence-corrected chi connectivity index (χ3v) is 2.81. The largest absolute Gasteiger partial charge is 0.283 e. The Labute approximate surface area is 74.9 Å². The van der Waals surface area contributed by atoms with E-state index in [0.29, 0.717) is 11.2 Å². The zero-order valence-corrected chi connectivity index (χ0v) is 8.39. The van der Waals surface area contributed by atoms with Gasteiger partial charge in [0.1, 0.15) is 0 Å². The molecule has 3 heteroatoms. The van der Waals surface area contributed by atoms with E-state index in [4.69, 9.17) is 0 Å². The highest BCUT2D eigenvalue weighted by Crippen LogP contribution is 2.23. The van der Waals surface area contributed by atoms with Crippen LogP contribution in [0.2, 0.25) is 0 Å². The average molecular weight is 255 g/mol. The first-order valence-electron chi connectivity index (χ1n) is 3.07. The van der Waals surface area contributed by atoms with Gasteiger partial charge in [0.25, 0.3) is 0 Å². The topological polar surface area (TPSA) is 12.4 Å². The lowest BCUT2D eigenvalue weighted by atomic mass is 10.1. The lowest BCUT2D eigenvalue weighted by Gasteiger charge is -2.09. The van der Waals surface area contributed by atoms with Crippen LogP contribution in [0.5, 0.6) is 0 Å². The number of thiol groups is 1. The molecule has 1 aliphatic rings. The average Bonchev–Trinajstić information content (AvgIpc) is 2.14. The lowest BCUT2D eigenvalue weighted by Crippen LogP contribution is -2.11. The first-order valence-corrected chi connectivity index (χ1v) is 4.66. The normalized spacial score (nSPS) is 30.1. The predicted molar refractivity (Wildman–Crippen MR) is 52.9 cm³/mol. The molecule has 1 heterocycles. The van der Waals surface area contributed by atoms with Gasteiger partial charge < -0.3 is 0 Å². The molecule has 1 aliphatic heterocycles. The molecule has 0 amide bonds. The van der Waals surface area contributed by atoms with Crippen LogP contribution in [0.3, 0.4) is 0 Å². The summed E-state index contributed by atoms with van der Waals surface area (Å²) in [5.74, 6) is 0.695. The smallest absolute Gasteiger partial charge is 0.0732 e. The number of hydrogen-bond donors (Lipinski definition) is 1. The van der Waals surface area contributed by atoms with Crippen LogP contribution in [0.4, 0.5) is 0 Å². The van der Waals surface area contributed by atoms with Crippen LogP contribution in [-0.2, 0) is 0 Å². The standard InChI is InChI=1S/C6H10INS/c1-4(9)5-2-6(7)8-3-5/h4-5,9H,2-3H2,1H3/t4-,5-/m1/s1. The molecule has 0 unspecified atom stereocenters. The van der Waals surface area contributed by atoms with E-state index < -0.39 is 0 Å². The minimum atomic E-state index is 0.501. The summed E-state index contributed by atoms with van der Waals surface area (Å²) in [6, 6.07) is 0. The van der Waals surface area contributed by atoms with Crippen LogP contribution >= 0.6 is 35.2 Å². The summed E-state index contributed by atoms with van der Waals surface area (Å²) in [5, 5.41) is 0.501. The van der Waals surface area contributed by atoms with Gasteiger partial charge in [-0.15, -0.1) is 0 Å². The SMILES string of the molecule is C[C@@H](S)[C@H]1CN=C(I)C1. The fraction of sp³-hybridized carbons (Fsp3) is 0.833. The molecular weight excluding hydrogens is 245 g/mol. The molecule has 9 heavy (non-hydrogen) atoms. The van der Waals surface area contributed by atoms with E-state index >= 15 is 0 Å². The molecule has 52 valence electrons. The van der Waals surface area contributed by atoms with Crippen molar-refractivity contribution in [1.82, 2.24) is 0 Å². The van der Waals surface area contributed by atoms with Gasteiger partial charge in [0, 0.05) is 18.2 Å². The quantitative estimate of drug-likeness (QED) is 0.544. The number of halogens is 1. The van der Waals surface area contributed by atoms with Crippen molar-refractivity contribution in [3.05, 3.63) is 0 Å². The monoisotopic (exact) mass is 255 g/mol. The molecule has 0 saturated heterocycles. The molecule has 0 fully saturated rings. The van der Waals surface area contributed by atoms with Crippen molar-refractivity contribution in [2.75, 3.05) is 6.54 Å². The number of aliphatic imine (C=N–C) groups is 1. The van der Waals surface area contributed by atoms with Crippen molar-refractivity contribution in [2.24, 2.45) is 10.9 Å². The van der Waals surface area contributed by atoms with Crippen LogP contribution in [-0.4, -0.2) is 15.5 Å². The Morgan fingerprint density at radius 2 is 2.56 bits per heavy atom. The van der Waals surface area contributed by atoms with Crippen LogP contribution in [0.25, 0.3) is 0 Å². The van der Waals surface area contributed by atoms with Gasteiger partial charge in [-0.05, 0) is 28.5 Å². The molecular formula is C6H10INS. The van der Waals surface area contributed by atoms with E-state index in [1.807, 2.05) is 0 Å². The highest BCUT2D eigenvalue weighted by atomic mass is 127. The Hall–Kier alpha value is 0.750. The minimum Gasteiger partial charge on any atom is -0.283 e. The van der Waals surface area contributed by atoms with E-state index in [0.717, 1.165) is 13.0 Å². The van der Waals surface area contributed by atoms with E-state index in [2.05, 4.69) is 47.1 Å². The van der Waals surface area contributed by atoms with Gasteiger partial charge in [-0.25, -0.2) is 0 Å². The van der Waals surface area contributed by atoms with Crippen molar-refractivity contribution >= 4 is 38.9 Å². The van der Waals surface area contributed by atoms with E-state index in [9.17, 15) is 0 Å². The Morgan fingerprint density at radius 3 is 2.78 bits per heavy atom. The van der Waals surface area contributed by atoms with E-state index in [1.165, 1.54) is 3.72 Å². The van der Waals surface area contributed by atoms with Gasteiger partial charge in [-0.3, -0.25) is 4.99 Å². The summed E-state index contributed by atoms with van der Waals surface area (Å²) in [6.07, 6.45) is 1.14. The second-order valence-electron chi connectivity index (χ2n) is 2.42. The Balaban J connectivity index is 2.37. The van der Waals surface area contributed by atoms with Crippen molar-refractivity contribution in [3.63, 3.8) is 0 Å². The zero-order chi connectivity index (χ0) is 6.85. The maximum Gasteiger partial charge on any atom is 0.0732 e. The summed E-state index contributed by atoms with van der Waals surface area (Å²) in [6.45, 7) is 3.13. The fourth-order valence-electron chi connectivity index (χ4n) is 0.885. The molecule has 0 aromatic heterocycles. The number of nitrogens with zero attached hydrogens (tertiary/aromatic N) is 1. The molecule has 0 aromatic rings. The van der Waals surface area contributed by atoms with Gasteiger partial charge >= 0.3 is 0 Å². The molecule has 2 atom stereocenters. The first-order chi connectivity index (χ1) is 4.20. The van der Waals surface area contributed by atoms with Gasteiger partial charge in [-0.1, -0.05) is 6.92 Å². The molecule has 1 rings (SSSR count). The minimum absolute atomic E-state index is 0.501. The summed E-state index contributed by atoms with van der Waals surface area (Å²) in [5.41, 5.74) is 0. The van der Waals surface area contributed by atoms with Gasteiger partial charge in [0.15, 0.2) is 0 Å². The maximum absolute atomic E-state index is 4.36. The Kier molecular flexibility index (Phi) is 2.82. The molecule has 0 aliphatic carbocycles. The van der Waals surface area contributed by atoms with Crippen molar-refractivity contribution < 1.29 is 0 Å². The van der Waals surface area contributed by atoms with E-state index in [-0.39, 0.29) is 0 Å². The predicted octanol–water partition coefficient (Wildman–Crippen LogP) is 2.16. The van der Waals surface area contributed by atoms with Crippen LogP contribution in [0.15, 0.2) is 4.99 Å². The highest BCUT2D eigenvalue weighted by molar-refractivity contribution is 14.1. The van der Waals surface area contributed by atoms with Gasteiger partial charge in [-0.2, -0.15) is 12.6 Å². The third-order valence-electron chi connectivity index (χ3n) is 1.61. The summed E-state index contributed by atoms with van der Waals surface area (Å²) in [4.78, 5) is 4.29. The molecule has 0 radical (unpaired) electrons. The Bertz CT molecular complexity index is 133. The third kappa shape index (κ3) is 2.11. The molecule has 0 bridgehead atoms. The molecule has 0 saturated carbocycles. The number of hydrogen-bond acceptors (Lipinski definition) is 2. The summed E-state index contributed by atoms with van der Waals surface area (Å²) in [7, 11) is 0. The van der Waals surface area contributed by atoms with Crippen molar-refractivity contribution in [3.8, 4) is 0 Å². The van der Waals surface area contributed by atoms with Crippen LogP contribution in [0, 0.1) is 5.92 Å². The molecule has 1 nitrogen and oxygen atoms in total. The highest BCUT2D eigenvalue weighted by Gasteiger charge is 2.19. The van der Waals surface area contributed by atoms with Crippen molar-refractivity contribution in [2.45, 2.75) is 18.6 Å². The second kappa shape index (κ2) is 3.23. The molecule has 0 spiro atoms. The van der Waals surface area contributed by atoms with Crippen molar-refractivity contribution in [1.29, 1.82) is 0 Å². The van der Waals surface area contributed by atoms with Gasteiger partial charge in [0.05, 0.1) is 3.72 Å². The summed E-state index contributed by atoms with van der Waals surface area (Å²) < 4.78 is 1.26. The molecule has 0 aromatic carbocycles. The fourth-order valence-corrected chi connectivity index (χ4v) is 1.85. The number of rotatable bonds is 1. The second-order valence-corrected chi connectivity index (χ2v) is 4.48. The summed E-state index contributed by atoms with van der Waals surface area (Å²) >= 11 is 6.65. The zero-order valence-electron chi connectivity index (χ0n) is 5.34. The van der Waals surface area contributed by atoms with E-state index in [1.54, 1.807) is 0 Å². The molecule has 0 N–H and O–H groups in total.